The summed E-state index contributed by atoms with van der Waals surface area (Å²) in [5, 5.41) is 17.2. The second-order valence-electron chi connectivity index (χ2n) is 3.69. The molecule has 0 amide bonds. The maximum Gasteiger partial charge on any atom is 0.353 e. The lowest BCUT2D eigenvalue weighted by Crippen LogP contribution is -2.11. The molecule has 0 radical (unpaired) electrons. The zero-order valence-electron chi connectivity index (χ0n) is 10.6. The number of rotatable bonds is 7. The predicted molar refractivity (Wildman–Crippen MR) is 74.3 cm³/mol. The Kier molecular flexibility index (Phi) is 5.63. The maximum atomic E-state index is 11.0. The molecule has 1 unspecified atom stereocenters. The van der Waals surface area contributed by atoms with Crippen LogP contribution < -0.4 is 10.6 Å². The first-order valence-electron chi connectivity index (χ1n) is 5.54. The smallest absolute Gasteiger partial charge is 0.353 e. The molecule has 1 aromatic heterocycles. The van der Waals surface area contributed by atoms with Gasteiger partial charge in [-0.1, -0.05) is 6.92 Å². The summed E-state index contributed by atoms with van der Waals surface area (Å²) in [5.74, 6) is 0.475. The highest BCUT2D eigenvalue weighted by molar-refractivity contribution is 7.99. The van der Waals surface area contributed by atoms with Gasteiger partial charge in [-0.15, -0.1) is 0 Å². The molecule has 7 nitrogen and oxygen atoms in total. The number of nitrogens with one attached hydrogen (secondary N) is 2. The zero-order chi connectivity index (χ0) is 13.5. The number of nitro groups is 1. The average Bonchev–Trinajstić information content (AvgIpc) is 2.37. The van der Waals surface area contributed by atoms with E-state index < -0.39 is 4.92 Å². The summed E-state index contributed by atoms with van der Waals surface area (Å²) in [4.78, 5) is 18.3. The molecule has 0 fully saturated rings. The van der Waals surface area contributed by atoms with Gasteiger partial charge in [-0.05, 0) is 12.7 Å². The normalized spacial score (nSPS) is 11.9. The fourth-order valence-corrected chi connectivity index (χ4v) is 1.73. The van der Waals surface area contributed by atoms with E-state index in [-0.39, 0.29) is 17.3 Å². The Labute approximate surface area is 110 Å². The molecule has 1 aromatic rings. The molecule has 1 atom stereocenters. The van der Waals surface area contributed by atoms with E-state index in [1.165, 1.54) is 6.33 Å². The minimum atomic E-state index is -0.480. The van der Waals surface area contributed by atoms with E-state index in [0.717, 1.165) is 6.42 Å². The molecule has 0 aliphatic rings. The molecule has 1 rings (SSSR count). The molecule has 100 valence electrons. The number of aromatic nitrogens is 2. The van der Waals surface area contributed by atoms with Crippen molar-refractivity contribution in [2.75, 3.05) is 30.5 Å². The van der Waals surface area contributed by atoms with Gasteiger partial charge in [0.25, 0.3) is 0 Å². The van der Waals surface area contributed by atoms with E-state index in [9.17, 15) is 10.1 Å². The minimum absolute atomic E-state index is 0.114. The molecule has 0 saturated heterocycles. The molecular weight excluding hydrogens is 254 g/mol. The Hall–Kier alpha value is -1.57. The molecule has 0 spiro atoms. The summed E-state index contributed by atoms with van der Waals surface area (Å²) in [7, 11) is 1.59. The van der Waals surface area contributed by atoms with Crippen LogP contribution in [0.4, 0.5) is 17.3 Å². The summed E-state index contributed by atoms with van der Waals surface area (Å²) in [6, 6.07) is 0. The fourth-order valence-electron chi connectivity index (χ4n) is 1.38. The van der Waals surface area contributed by atoms with Crippen molar-refractivity contribution in [1.82, 2.24) is 9.97 Å². The molecule has 1 heterocycles. The van der Waals surface area contributed by atoms with Gasteiger partial charge >= 0.3 is 5.69 Å². The Morgan fingerprint density at radius 2 is 2.17 bits per heavy atom. The molecule has 0 bridgehead atoms. The van der Waals surface area contributed by atoms with Gasteiger partial charge in [0.15, 0.2) is 0 Å². The van der Waals surface area contributed by atoms with Crippen LogP contribution in [0.2, 0.25) is 0 Å². The third kappa shape index (κ3) is 3.73. The lowest BCUT2D eigenvalue weighted by atomic mass is 10.3. The van der Waals surface area contributed by atoms with E-state index in [2.05, 4.69) is 27.5 Å². The third-order valence-corrected chi connectivity index (χ3v) is 3.53. The second kappa shape index (κ2) is 7.00. The van der Waals surface area contributed by atoms with Gasteiger partial charge in [0.2, 0.25) is 11.6 Å². The molecule has 0 aliphatic carbocycles. The number of thioether (sulfide) groups is 1. The highest BCUT2D eigenvalue weighted by Gasteiger charge is 2.21. The quantitative estimate of drug-likeness (QED) is 0.578. The Morgan fingerprint density at radius 1 is 1.50 bits per heavy atom. The Morgan fingerprint density at radius 3 is 2.72 bits per heavy atom. The number of anilines is 2. The third-order valence-electron chi connectivity index (χ3n) is 2.49. The molecule has 2 N–H and O–H groups in total. The van der Waals surface area contributed by atoms with Crippen molar-refractivity contribution in [3.8, 4) is 0 Å². The lowest BCUT2D eigenvalue weighted by molar-refractivity contribution is -0.383. The van der Waals surface area contributed by atoms with Gasteiger partial charge in [0.05, 0.1) is 4.92 Å². The zero-order valence-corrected chi connectivity index (χ0v) is 11.5. The van der Waals surface area contributed by atoms with Crippen LogP contribution in [0.1, 0.15) is 13.3 Å². The second-order valence-corrected chi connectivity index (χ2v) is 4.96. The number of nitrogens with zero attached hydrogens (tertiary/aromatic N) is 3. The minimum Gasteiger partial charge on any atom is -0.367 e. The van der Waals surface area contributed by atoms with Gasteiger partial charge in [-0.25, -0.2) is 9.97 Å². The first-order valence-corrected chi connectivity index (χ1v) is 6.82. The van der Waals surface area contributed by atoms with Gasteiger partial charge in [-0.2, -0.15) is 11.8 Å². The maximum absolute atomic E-state index is 11.0. The van der Waals surface area contributed by atoms with E-state index in [0.29, 0.717) is 11.8 Å². The van der Waals surface area contributed by atoms with Crippen LogP contribution in [0.15, 0.2) is 6.33 Å². The fraction of sp³-hybridized carbons (Fsp3) is 0.600. The SMILES string of the molecule is CNc1ncnc(NCCC(C)SC)c1[N+](=O)[O-]. The van der Waals surface area contributed by atoms with Crippen molar-refractivity contribution < 1.29 is 4.92 Å². The largest absolute Gasteiger partial charge is 0.367 e. The Balaban J connectivity index is 2.78. The molecule has 0 aromatic carbocycles. The van der Waals surface area contributed by atoms with Crippen LogP contribution in [0, 0.1) is 10.1 Å². The molecule has 8 heteroatoms. The van der Waals surface area contributed by atoms with E-state index in [1.54, 1.807) is 18.8 Å². The van der Waals surface area contributed by atoms with Crippen molar-refractivity contribution in [3.63, 3.8) is 0 Å². The molecule has 0 aliphatic heterocycles. The van der Waals surface area contributed by atoms with E-state index in [4.69, 9.17) is 0 Å². The monoisotopic (exact) mass is 271 g/mol. The number of hydrogen-bond acceptors (Lipinski definition) is 7. The summed E-state index contributed by atoms with van der Waals surface area (Å²) in [6.45, 7) is 2.75. The van der Waals surface area contributed by atoms with Crippen molar-refractivity contribution in [2.45, 2.75) is 18.6 Å². The summed E-state index contributed by atoms with van der Waals surface area (Å²) >= 11 is 1.76. The lowest BCUT2D eigenvalue weighted by Gasteiger charge is -2.10. The van der Waals surface area contributed by atoms with Crippen molar-refractivity contribution >= 4 is 29.1 Å². The van der Waals surface area contributed by atoms with Crippen molar-refractivity contribution in [2.24, 2.45) is 0 Å². The van der Waals surface area contributed by atoms with Crippen LogP contribution in [-0.2, 0) is 0 Å². The van der Waals surface area contributed by atoms with Crippen LogP contribution in [0.3, 0.4) is 0 Å². The summed E-state index contributed by atoms with van der Waals surface area (Å²) in [6.07, 6.45) is 4.26. The van der Waals surface area contributed by atoms with Gasteiger partial charge in [0.1, 0.15) is 6.33 Å². The highest BCUT2D eigenvalue weighted by atomic mass is 32.2. The standard InChI is InChI=1S/C10H17N5O2S/c1-7(18-3)4-5-12-10-8(15(16)17)9(11-2)13-6-14-10/h6-7H,4-5H2,1-3H3,(H2,11,12,13,14). The van der Waals surface area contributed by atoms with Crippen molar-refractivity contribution in [1.29, 1.82) is 0 Å². The molecule has 18 heavy (non-hydrogen) atoms. The van der Waals surface area contributed by atoms with Crippen LogP contribution >= 0.6 is 11.8 Å². The first kappa shape index (κ1) is 14.5. The predicted octanol–water partition coefficient (Wildman–Crippen LogP) is 1.98. The average molecular weight is 271 g/mol. The summed E-state index contributed by atoms with van der Waals surface area (Å²) < 4.78 is 0. The first-order chi connectivity index (χ1) is 8.60. The van der Waals surface area contributed by atoms with Crippen LogP contribution in [0.25, 0.3) is 0 Å². The Bertz CT molecular complexity index is 415. The summed E-state index contributed by atoms with van der Waals surface area (Å²) in [5.41, 5.74) is -0.114. The van der Waals surface area contributed by atoms with Crippen LogP contribution in [-0.4, -0.2) is 40.0 Å². The highest BCUT2D eigenvalue weighted by Crippen LogP contribution is 2.28. The topological polar surface area (TPSA) is 93.0 Å². The number of hydrogen-bond donors (Lipinski definition) is 2. The van der Waals surface area contributed by atoms with E-state index in [1.807, 2.05) is 6.26 Å². The van der Waals surface area contributed by atoms with Crippen LogP contribution in [0.5, 0.6) is 0 Å². The van der Waals surface area contributed by atoms with Crippen molar-refractivity contribution in [3.05, 3.63) is 16.4 Å². The van der Waals surface area contributed by atoms with E-state index >= 15 is 0 Å². The van der Waals surface area contributed by atoms with Gasteiger partial charge in [0, 0.05) is 18.8 Å². The molecule has 0 saturated carbocycles. The molecular formula is C10H17N5O2S. The van der Waals surface area contributed by atoms with Gasteiger partial charge in [-0.3, -0.25) is 10.1 Å². The van der Waals surface area contributed by atoms with Gasteiger partial charge < -0.3 is 10.6 Å².